The number of hydrogen-bond acceptors (Lipinski definition) is 5. The molecule has 1 N–H and O–H groups in total. The predicted molar refractivity (Wildman–Crippen MR) is 64.8 cm³/mol. The number of carbonyl (C=O) groups excluding carboxylic acids is 1. The van der Waals surface area contributed by atoms with Crippen LogP contribution in [0.5, 0.6) is 5.88 Å². The fourth-order valence-corrected chi connectivity index (χ4v) is 1.26. The highest BCUT2D eigenvalue weighted by Gasteiger charge is 2.04. The quantitative estimate of drug-likeness (QED) is 0.625. The van der Waals surface area contributed by atoms with Gasteiger partial charge in [-0.3, -0.25) is 0 Å². The number of rotatable bonds is 5. The third-order valence-corrected chi connectivity index (χ3v) is 1.92. The molecule has 0 aliphatic carbocycles. The van der Waals surface area contributed by atoms with Gasteiger partial charge in [-0.25, -0.2) is 9.78 Å². The Labute approximate surface area is 100 Å². The third-order valence-electron chi connectivity index (χ3n) is 1.92. The standard InChI is InChI=1S/C12H16N2O3/c1-4-17-11(15)8-9(2)14-10-6-5-7-13-12(10)16-3/h5-8,14H,4H2,1-3H3/b9-8-. The van der Waals surface area contributed by atoms with Crippen LogP contribution in [-0.2, 0) is 9.53 Å². The molecular formula is C12H16N2O3. The van der Waals surface area contributed by atoms with E-state index >= 15 is 0 Å². The highest BCUT2D eigenvalue weighted by molar-refractivity contribution is 5.83. The van der Waals surface area contributed by atoms with E-state index in [0.717, 1.165) is 0 Å². The maximum Gasteiger partial charge on any atom is 0.332 e. The zero-order chi connectivity index (χ0) is 12.7. The van der Waals surface area contributed by atoms with Crippen LogP contribution in [0.2, 0.25) is 0 Å². The molecule has 1 aromatic heterocycles. The molecule has 1 aromatic rings. The SMILES string of the molecule is CCOC(=O)/C=C(/C)Nc1cccnc1OC. The summed E-state index contributed by atoms with van der Waals surface area (Å²) in [6.07, 6.45) is 3.02. The molecule has 0 bridgehead atoms. The lowest BCUT2D eigenvalue weighted by Crippen LogP contribution is -2.05. The highest BCUT2D eigenvalue weighted by Crippen LogP contribution is 2.21. The summed E-state index contributed by atoms with van der Waals surface area (Å²) in [5.74, 6) is 0.101. The zero-order valence-electron chi connectivity index (χ0n) is 10.2. The molecule has 0 unspecified atom stereocenters. The maximum atomic E-state index is 11.2. The summed E-state index contributed by atoms with van der Waals surface area (Å²) < 4.78 is 9.89. The first-order valence-corrected chi connectivity index (χ1v) is 5.28. The lowest BCUT2D eigenvalue weighted by Gasteiger charge is -2.09. The van der Waals surface area contributed by atoms with E-state index in [1.54, 1.807) is 26.1 Å². The fourth-order valence-electron chi connectivity index (χ4n) is 1.26. The van der Waals surface area contributed by atoms with Crippen LogP contribution in [0.4, 0.5) is 5.69 Å². The minimum absolute atomic E-state index is 0.360. The average Bonchev–Trinajstić information content (AvgIpc) is 2.29. The van der Waals surface area contributed by atoms with E-state index in [2.05, 4.69) is 10.3 Å². The monoisotopic (exact) mass is 236 g/mol. The Kier molecular flexibility index (Phi) is 5.00. The van der Waals surface area contributed by atoms with Crippen LogP contribution in [0.1, 0.15) is 13.8 Å². The second kappa shape index (κ2) is 6.52. The molecule has 0 fully saturated rings. The van der Waals surface area contributed by atoms with Crippen LogP contribution >= 0.6 is 0 Å². The topological polar surface area (TPSA) is 60.5 Å². The summed E-state index contributed by atoms with van der Waals surface area (Å²) in [5, 5.41) is 3.02. The molecule has 0 amide bonds. The van der Waals surface area contributed by atoms with Crippen LogP contribution in [0.25, 0.3) is 0 Å². The first-order chi connectivity index (χ1) is 8.17. The molecule has 0 saturated heterocycles. The number of carbonyl (C=O) groups is 1. The second-order valence-electron chi connectivity index (χ2n) is 3.26. The molecule has 0 atom stereocenters. The van der Waals surface area contributed by atoms with Crippen molar-refractivity contribution in [2.75, 3.05) is 19.0 Å². The Morgan fingerprint density at radius 1 is 1.59 bits per heavy atom. The number of hydrogen-bond donors (Lipinski definition) is 1. The number of pyridine rings is 1. The zero-order valence-corrected chi connectivity index (χ0v) is 10.2. The van der Waals surface area contributed by atoms with Gasteiger partial charge in [0.05, 0.1) is 13.7 Å². The maximum absolute atomic E-state index is 11.2. The number of nitrogens with zero attached hydrogens (tertiary/aromatic N) is 1. The molecule has 0 aromatic carbocycles. The van der Waals surface area contributed by atoms with Gasteiger partial charge in [0.25, 0.3) is 0 Å². The number of esters is 1. The van der Waals surface area contributed by atoms with Crippen LogP contribution < -0.4 is 10.1 Å². The van der Waals surface area contributed by atoms with Gasteiger partial charge in [0.2, 0.25) is 5.88 Å². The predicted octanol–water partition coefficient (Wildman–Crippen LogP) is 1.97. The minimum Gasteiger partial charge on any atom is -0.480 e. The van der Waals surface area contributed by atoms with Gasteiger partial charge in [0, 0.05) is 18.0 Å². The van der Waals surface area contributed by atoms with Crippen LogP contribution in [0.15, 0.2) is 30.1 Å². The molecule has 0 radical (unpaired) electrons. The Balaban J connectivity index is 2.73. The Morgan fingerprint density at radius 2 is 2.35 bits per heavy atom. The van der Waals surface area contributed by atoms with Gasteiger partial charge in [0.1, 0.15) is 5.69 Å². The third kappa shape index (κ3) is 4.14. The molecule has 5 nitrogen and oxygen atoms in total. The number of allylic oxidation sites excluding steroid dienone is 1. The second-order valence-corrected chi connectivity index (χ2v) is 3.26. The molecule has 0 aliphatic rings. The van der Waals surface area contributed by atoms with Gasteiger partial charge in [-0.1, -0.05) is 0 Å². The average molecular weight is 236 g/mol. The first-order valence-electron chi connectivity index (χ1n) is 5.28. The van der Waals surface area contributed by atoms with E-state index in [-0.39, 0.29) is 5.97 Å². The van der Waals surface area contributed by atoms with Crippen molar-refractivity contribution in [2.24, 2.45) is 0 Å². The van der Waals surface area contributed by atoms with Gasteiger partial charge < -0.3 is 14.8 Å². The number of methoxy groups -OCH3 is 1. The number of aromatic nitrogens is 1. The summed E-state index contributed by atoms with van der Waals surface area (Å²) in [5.41, 5.74) is 1.36. The number of anilines is 1. The van der Waals surface area contributed by atoms with Crippen molar-refractivity contribution in [3.63, 3.8) is 0 Å². The van der Waals surface area contributed by atoms with Crippen molar-refractivity contribution in [1.82, 2.24) is 4.98 Å². The highest BCUT2D eigenvalue weighted by atomic mass is 16.5. The van der Waals surface area contributed by atoms with Gasteiger partial charge in [0.15, 0.2) is 0 Å². The van der Waals surface area contributed by atoms with Gasteiger partial charge in [-0.05, 0) is 26.0 Å². The first kappa shape index (κ1) is 13.0. The van der Waals surface area contributed by atoms with E-state index in [9.17, 15) is 4.79 Å². The molecule has 0 aliphatic heterocycles. The van der Waals surface area contributed by atoms with Crippen molar-refractivity contribution < 1.29 is 14.3 Å². The van der Waals surface area contributed by atoms with E-state index < -0.39 is 0 Å². The van der Waals surface area contributed by atoms with Crippen molar-refractivity contribution in [1.29, 1.82) is 0 Å². The largest absolute Gasteiger partial charge is 0.480 e. The van der Waals surface area contributed by atoms with Crippen LogP contribution in [-0.4, -0.2) is 24.7 Å². The fraction of sp³-hybridized carbons (Fsp3) is 0.333. The molecule has 0 saturated carbocycles. The number of nitrogens with one attached hydrogen (secondary N) is 1. The summed E-state index contributed by atoms with van der Waals surface area (Å²) in [6, 6.07) is 3.59. The molecule has 5 heteroatoms. The molecule has 1 heterocycles. The normalized spacial score (nSPS) is 10.9. The summed E-state index contributed by atoms with van der Waals surface area (Å²) in [4.78, 5) is 15.3. The van der Waals surface area contributed by atoms with Crippen LogP contribution in [0.3, 0.4) is 0 Å². The summed E-state index contributed by atoms with van der Waals surface area (Å²) in [6.45, 7) is 3.89. The molecular weight excluding hydrogens is 220 g/mol. The van der Waals surface area contributed by atoms with Gasteiger partial charge in [-0.2, -0.15) is 0 Å². The number of ether oxygens (including phenoxy) is 2. The Morgan fingerprint density at radius 3 is 3.00 bits per heavy atom. The summed E-state index contributed by atoms with van der Waals surface area (Å²) in [7, 11) is 1.54. The molecule has 92 valence electrons. The summed E-state index contributed by atoms with van der Waals surface area (Å²) >= 11 is 0. The molecule has 1 rings (SSSR count). The van der Waals surface area contributed by atoms with Gasteiger partial charge >= 0.3 is 5.97 Å². The lowest BCUT2D eigenvalue weighted by atomic mass is 10.3. The van der Waals surface area contributed by atoms with Crippen molar-refractivity contribution >= 4 is 11.7 Å². The van der Waals surface area contributed by atoms with E-state index in [1.165, 1.54) is 13.2 Å². The molecule has 0 spiro atoms. The Bertz CT molecular complexity index is 416. The van der Waals surface area contributed by atoms with Crippen molar-refractivity contribution in [3.8, 4) is 5.88 Å². The van der Waals surface area contributed by atoms with Crippen LogP contribution in [0, 0.1) is 0 Å². The van der Waals surface area contributed by atoms with Crippen molar-refractivity contribution in [2.45, 2.75) is 13.8 Å². The van der Waals surface area contributed by atoms with E-state index in [0.29, 0.717) is 23.9 Å². The lowest BCUT2D eigenvalue weighted by molar-refractivity contribution is -0.137. The molecule has 17 heavy (non-hydrogen) atoms. The van der Waals surface area contributed by atoms with E-state index in [4.69, 9.17) is 9.47 Å². The van der Waals surface area contributed by atoms with Crippen molar-refractivity contribution in [3.05, 3.63) is 30.1 Å². The van der Waals surface area contributed by atoms with Gasteiger partial charge in [-0.15, -0.1) is 0 Å². The van der Waals surface area contributed by atoms with E-state index in [1.807, 2.05) is 6.07 Å². The smallest absolute Gasteiger partial charge is 0.332 e. The minimum atomic E-state index is -0.375. The Hall–Kier alpha value is -2.04.